The van der Waals surface area contributed by atoms with Crippen molar-refractivity contribution in [2.75, 3.05) is 13.3 Å². The van der Waals surface area contributed by atoms with Crippen LogP contribution in [0.4, 0.5) is 0 Å². The SMILES string of the molecule is Cn1c(C2=C(O)CN(Cc3ccc4c(c3)OCO4)C2=N)nc2ccccc21. The maximum absolute atomic E-state index is 10.6. The van der Waals surface area contributed by atoms with Gasteiger partial charge in [-0.15, -0.1) is 0 Å². The number of aryl methyl sites for hydroxylation is 1. The molecule has 7 heteroatoms. The van der Waals surface area contributed by atoms with E-state index in [2.05, 4.69) is 4.98 Å². The van der Waals surface area contributed by atoms with Crippen LogP contribution in [-0.4, -0.2) is 38.7 Å². The van der Waals surface area contributed by atoms with Gasteiger partial charge in [-0.25, -0.2) is 4.98 Å². The molecule has 3 aromatic rings. The van der Waals surface area contributed by atoms with Crippen LogP contribution >= 0.6 is 0 Å². The topological polar surface area (TPSA) is 83.6 Å². The van der Waals surface area contributed by atoms with Crippen LogP contribution in [0.15, 0.2) is 48.2 Å². The van der Waals surface area contributed by atoms with Crippen LogP contribution < -0.4 is 9.47 Å². The summed E-state index contributed by atoms with van der Waals surface area (Å²) in [5, 5.41) is 19.2. The van der Waals surface area contributed by atoms with Crippen molar-refractivity contribution in [3.05, 3.63) is 59.6 Å². The number of nitrogens with one attached hydrogen (secondary N) is 1. The van der Waals surface area contributed by atoms with Gasteiger partial charge in [0.2, 0.25) is 6.79 Å². The van der Waals surface area contributed by atoms with Crippen molar-refractivity contribution >= 4 is 22.4 Å². The Morgan fingerprint density at radius 3 is 2.81 bits per heavy atom. The van der Waals surface area contributed by atoms with Crippen LogP contribution in [-0.2, 0) is 13.6 Å². The van der Waals surface area contributed by atoms with E-state index in [0.29, 0.717) is 23.7 Å². The second kappa shape index (κ2) is 5.77. The highest BCUT2D eigenvalue weighted by Gasteiger charge is 2.31. The lowest BCUT2D eigenvalue weighted by molar-refractivity contribution is 0.174. The van der Waals surface area contributed by atoms with Crippen LogP contribution in [0.3, 0.4) is 0 Å². The summed E-state index contributed by atoms with van der Waals surface area (Å²) in [7, 11) is 1.90. The normalized spacial score (nSPS) is 16.0. The fourth-order valence-corrected chi connectivity index (χ4v) is 3.63. The van der Waals surface area contributed by atoms with Crippen molar-refractivity contribution in [1.29, 1.82) is 5.41 Å². The number of hydrogen-bond donors (Lipinski definition) is 2. The highest BCUT2D eigenvalue weighted by Crippen LogP contribution is 2.34. The first-order chi connectivity index (χ1) is 13.1. The molecule has 0 atom stereocenters. The van der Waals surface area contributed by atoms with E-state index in [-0.39, 0.29) is 24.9 Å². The Morgan fingerprint density at radius 2 is 1.96 bits per heavy atom. The Balaban J connectivity index is 1.44. The highest BCUT2D eigenvalue weighted by atomic mass is 16.7. The minimum Gasteiger partial charge on any atom is -0.510 e. The van der Waals surface area contributed by atoms with Gasteiger partial charge >= 0.3 is 0 Å². The summed E-state index contributed by atoms with van der Waals surface area (Å²) in [5.41, 5.74) is 3.28. The van der Waals surface area contributed by atoms with E-state index in [1.165, 1.54) is 0 Å². The molecule has 1 aromatic heterocycles. The van der Waals surface area contributed by atoms with Crippen molar-refractivity contribution in [3.8, 4) is 11.5 Å². The Kier molecular flexibility index (Phi) is 3.36. The number of nitrogens with zero attached hydrogens (tertiary/aromatic N) is 3. The lowest BCUT2D eigenvalue weighted by Gasteiger charge is -2.19. The molecule has 2 N–H and O–H groups in total. The minimum atomic E-state index is 0.166. The fourth-order valence-electron chi connectivity index (χ4n) is 3.63. The van der Waals surface area contributed by atoms with Gasteiger partial charge in [-0.3, -0.25) is 5.41 Å². The summed E-state index contributed by atoms with van der Waals surface area (Å²) in [6.45, 7) is 1.01. The summed E-state index contributed by atoms with van der Waals surface area (Å²) in [4.78, 5) is 6.45. The van der Waals surface area contributed by atoms with Crippen LogP contribution in [0.1, 0.15) is 11.4 Å². The van der Waals surface area contributed by atoms with Gasteiger partial charge in [0, 0.05) is 13.6 Å². The lowest BCUT2D eigenvalue weighted by atomic mass is 10.2. The quantitative estimate of drug-likeness (QED) is 0.748. The molecule has 0 bridgehead atoms. The van der Waals surface area contributed by atoms with Crippen molar-refractivity contribution < 1.29 is 14.6 Å². The van der Waals surface area contributed by atoms with Gasteiger partial charge < -0.3 is 24.0 Å². The van der Waals surface area contributed by atoms with Gasteiger partial charge in [-0.2, -0.15) is 0 Å². The molecule has 0 fully saturated rings. The predicted octanol–water partition coefficient (Wildman–Crippen LogP) is 3.06. The molecular formula is C20H18N4O3. The zero-order valence-corrected chi connectivity index (χ0v) is 14.8. The maximum atomic E-state index is 10.6. The molecule has 0 saturated heterocycles. The monoisotopic (exact) mass is 362 g/mol. The van der Waals surface area contributed by atoms with E-state index >= 15 is 0 Å². The van der Waals surface area contributed by atoms with Gasteiger partial charge in [0.05, 0.1) is 23.2 Å². The molecule has 3 heterocycles. The average molecular weight is 362 g/mol. The number of para-hydroxylation sites is 2. The molecule has 0 amide bonds. The van der Waals surface area contributed by atoms with E-state index in [9.17, 15) is 5.11 Å². The van der Waals surface area contributed by atoms with E-state index in [0.717, 1.165) is 22.3 Å². The van der Waals surface area contributed by atoms with Crippen LogP contribution in [0, 0.1) is 5.41 Å². The molecule has 0 spiro atoms. The molecular weight excluding hydrogens is 344 g/mol. The maximum Gasteiger partial charge on any atom is 0.231 e. The predicted molar refractivity (Wildman–Crippen MR) is 101 cm³/mol. The Labute approximate surface area is 155 Å². The second-order valence-corrected chi connectivity index (χ2v) is 6.70. The van der Waals surface area contributed by atoms with Crippen molar-refractivity contribution in [2.45, 2.75) is 6.54 Å². The molecule has 2 aliphatic heterocycles. The number of aliphatic hydroxyl groups excluding tert-OH is 1. The molecule has 0 saturated carbocycles. The smallest absolute Gasteiger partial charge is 0.231 e. The van der Waals surface area contributed by atoms with E-state index in [1.54, 1.807) is 0 Å². The zero-order chi connectivity index (χ0) is 18.5. The number of ether oxygens (including phenoxy) is 2. The number of amidine groups is 1. The van der Waals surface area contributed by atoms with E-state index in [1.807, 2.05) is 59.0 Å². The number of imidazole rings is 1. The van der Waals surface area contributed by atoms with Crippen LogP contribution in [0.5, 0.6) is 11.5 Å². The Bertz CT molecular complexity index is 1120. The van der Waals surface area contributed by atoms with Crippen molar-refractivity contribution in [2.24, 2.45) is 7.05 Å². The molecule has 27 heavy (non-hydrogen) atoms. The van der Waals surface area contributed by atoms with Gasteiger partial charge in [-0.05, 0) is 29.8 Å². The third-order valence-electron chi connectivity index (χ3n) is 5.00. The first-order valence-electron chi connectivity index (χ1n) is 8.68. The van der Waals surface area contributed by atoms with Gasteiger partial charge in [-0.1, -0.05) is 18.2 Å². The number of aliphatic hydroxyl groups is 1. The van der Waals surface area contributed by atoms with E-state index < -0.39 is 0 Å². The lowest BCUT2D eigenvalue weighted by Crippen LogP contribution is -2.26. The molecule has 7 nitrogen and oxygen atoms in total. The Morgan fingerprint density at radius 1 is 1.15 bits per heavy atom. The number of hydrogen-bond acceptors (Lipinski definition) is 5. The number of benzene rings is 2. The summed E-state index contributed by atoms with van der Waals surface area (Å²) in [6.07, 6.45) is 0. The largest absolute Gasteiger partial charge is 0.510 e. The van der Waals surface area contributed by atoms with Gasteiger partial charge in [0.25, 0.3) is 0 Å². The van der Waals surface area contributed by atoms with Crippen molar-refractivity contribution in [3.63, 3.8) is 0 Å². The van der Waals surface area contributed by atoms with Crippen molar-refractivity contribution in [1.82, 2.24) is 14.5 Å². The third-order valence-corrected chi connectivity index (χ3v) is 5.00. The molecule has 136 valence electrons. The molecule has 2 aliphatic rings. The number of fused-ring (bicyclic) bond motifs is 2. The second-order valence-electron chi connectivity index (χ2n) is 6.70. The fraction of sp³-hybridized carbons (Fsp3) is 0.200. The Hall–Kier alpha value is -3.48. The number of aromatic nitrogens is 2. The van der Waals surface area contributed by atoms with E-state index in [4.69, 9.17) is 14.9 Å². The molecule has 0 unspecified atom stereocenters. The standard InChI is InChI=1S/C20H18N4O3/c1-23-14-5-3-2-4-13(14)22-20(23)18-15(25)10-24(19(18)21)9-12-6-7-16-17(8-12)27-11-26-16/h2-8,21,25H,9-11H2,1H3. The minimum absolute atomic E-state index is 0.166. The molecule has 5 rings (SSSR count). The zero-order valence-electron chi connectivity index (χ0n) is 14.8. The first kappa shape index (κ1) is 15.7. The van der Waals surface area contributed by atoms with Crippen LogP contribution in [0.2, 0.25) is 0 Å². The van der Waals surface area contributed by atoms with Gasteiger partial charge in [0.15, 0.2) is 11.5 Å². The average Bonchev–Trinajstić information content (AvgIpc) is 3.33. The number of rotatable bonds is 3. The molecule has 0 aliphatic carbocycles. The highest BCUT2D eigenvalue weighted by molar-refractivity contribution is 6.23. The third kappa shape index (κ3) is 2.43. The molecule has 2 aromatic carbocycles. The summed E-state index contributed by atoms with van der Waals surface area (Å²) >= 11 is 0. The summed E-state index contributed by atoms with van der Waals surface area (Å²) < 4.78 is 12.7. The first-order valence-corrected chi connectivity index (χ1v) is 8.68. The van der Waals surface area contributed by atoms with Gasteiger partial charge in [0.1, 0.15) is 17.4 Å². The molecule has 0 radical (unpaired) electrons. The van der Waals surface area contributed by atoms with Crippen LogP contribution in [0.25, 0.3) is 16.6 Å². The summed E-state index contributed by atoms with van der Waals surface area (Å²) in [5.74, 6) is 2.48. The summed E-state index contributed by atoms with van der Waals surface area (Å²) in [6, 6.07) is 13.5.